The predicted molar refractivity (Wildman–Crippen MR) is 121 cm³/mol. The van der Waals surface area contributed by atoms with Crippen molar-refractivity contribution < 1.29 is 19.0 Å². The number of hydrogen-bond donors (Lipinski definition) is 1. The molecule has 0 fully saturated rings. The van der Waals surface area contributed by atoms with Crippen molar-refractivity contribution >= 4 is 35.3 Å². The zero-order valence-electron chi connectivity index (χ0n) is 17.3. The molecular formula is C22H26Cl2N2O4. The quantitative estimate of drug-likeness (QED) is 0.348. The van der Waals surface area contributed by atoms with Crippen LogP contribution in [0.15, 0.2) is 35.4 Å². The summed E-state index contributed by atoms with van der Waals surface area (Å²) in [6, 6.07) is 8.34. The third-order valence-electron chi connectivity index (χ3n) is 3.82. The Balaban J connectivity index is 2.07. The lowest BCUT2D eigenvalue weighted by Gasteiger charge is -2.12. The Morgan fingerprint density at radius 3 is 2.27 bits per heavy atom. The number of ether oxygens (including phenoxy) is 3. The van der Waals surface area contributed by atoms with Gasteiger partial charge < -0.3 is 14.2 Å². The number of benzene rings is 2. The molecule has 8 heteroatoms. The Kier molecular flexibility index (Phi) is 9.77. The summed E-state index contributed by atoms with van der Waals surface area (Å²) in [5.74, 6) is 1.18. The molecule has 0 spiro atoms. The summed E-state index contributed by atoms with van der Waals surface area (Å²) in [6.45, 7) is 7.44. The lowest BCUT2D eigenvalue weighted by atomic mass is 10.2. The van der Waals surface area contributed by atoms with E-state index in [4.69, 9.17) is 37.4 Å². The van der Waals surface area contributed by atoms with Crippen molar-refractivity contribution in [1.29, 1.82) is 0 Å². The highest BCUT2D eigenvalue weighted by atomic mass is 35.5. The lowest BCUT2D eigenvalue weighted by Crippen LogP contribution is -2.17. The maximum atomic E-state index is 12.4. The Labute approximate surface area is 187 Å². The summed E-state index contributed by atoms with van der Waals surface area (Å²) in [5, 5.41) is 4.75. The monoisotopic (exact) mass is 452 g/mol. The van der Waals surface area contributed by atoms with Gasteiger partial charge >= 0.3 is 0 Å². The summed E-state index contributed by atoms with van der Waals surface area (Å²) < 4.78 is 16.8. The molecule has 1 N–H and O–H groups in total. The second kappa shape index (κ2) is 12.3. The highest BCUT2D eigenvalue weighted by Gasteiger charge is 2.12. The molecule has 30 heavy (non-hydrogen) atoms. The first-order valence-corrected chi connectivity index (χ1v) is 10.6. The van der Waals surface area contributed by atoms with Crippen molar-refractivity contribution in [1.82, 2.24) is 5.43 Å². The summed E-state index contributed by atoms with van der Waals surface area (Å²) in [7, 11) is 0. The topological polar surface area (TPSA) is 69.2 Å². The van der Waals surface area contributed by atoms with E-state index in [1.807, 2.05) is 20.8 Å². The summed E-state index contributed by atoms with van der Waals surface area (Å²) in [4.78, 5) is 12.4. The molecule has 0 radical (unpaired) electrons. The number of carbonyl (C=O) groups excluding carboxylic acids is 1. The van der Waals surface area contributed by atoms with Crippen LogP contribution in [0.5, 0.6) is 17.2 Å². The van der Waals surface area contributed by atoms with Gasteiger partial charge in [-0.25, -0.2) is 5.43 Å². The minimum absolute atomic E-state index is 0.380. The Hall–Kier alpha value is -2.44. The largest absolute Gasteiger partial charge is 0.490 e. The van der Waals surface area contributed by atoms with Gasteiger partial charge in [-0.15, -0.1) is 0 Å². The molecule has 0 bridgehead atoms. The van der Waals surface area contributed by atoms with Crippen LogP contribution in [0.3, 0.4) is 0 Å². The van der Waals surface area contributed by atoms with Gasteiger partial charge in [-0.1, -0.05) is 37.0 Å². The van der Waals surface area contributed by atoms with Crippen LogP contribution in [0.4, 0.5) is 0 Å². The highest BCUT2D eigenvalue weighted by Crippen LogP contribution is 2.34. The highest BCUT2D eigenvalue weighted by molar-refractivity contribution is 6.37. The lowest BCUT2D eigenvalue weighted by molar-refractivity contribution is 0.0954. The molecule has 1 amide bonds. The Morgan fingerprint density at radius 2 is 1.63 bits per heavy atom. The molecule has 6 nitrogen and oxygen atoms in total. The molecule has 2 rings (SSSR count). The van der Waals surface area contributed by atoms with Gasteiger partial charge in [-0.3, -0.25) is 4.79 Å². The molecule has 0 unspecified atom stereocenters. The van der Waals surface area contributed by atoms with E-state index in [1.54, 1.807) is 30.3 Å². The van der Waals surface area contributed by atoms with E-state index in [0.29, 0.717) is 58.2 Å². The first-order valence-electron chi connectivity index (χ1n) is 9.85. The van der Waals surface area contributed by atoms with Gasteiger partial charge in [0.15, 0.2) is 17.2 Å². The maximum absolute atomic E-state index is 12.4. The third kappa shape index (κ3) is 6.82. The standard InChI is InChI=1S/C22H26Cl2N2O4/c1-4-9-29-19-8-7-16(13-20(19)28-6-3)22(27)26-25-14-15-11-17(23)21(18(24)12-15)30-10-5-2/h7-8,11-14H,4-6,9-10H2,1-3H3,(H,26,27)/b25-14+. The van der Waals surface area contributed by atoms with Crippen LogP contribution >= 0.6 is 23.2 Å². The van der Waals surface area contributed by atoms with Crippen LogP contribution in [0.2, 0.25) is 10.0 Å². The van der Waals surface area contributed by atoms with E-state index in [-0.39, 0.29) is 5.91 Å². The van der Waals surface area contributed by atoms with Gasteiger partial charge in [0.25, 0.3) is 5.91 Å². The van der Waals surface area contributed by atoms with E-state index in [1.165, 1.54) is 6.21 Å². The average Bonchev–Trinajstić information content (AvgIpc) is 2.72. The van der Waals surface area contributed by atoms with E-state index in [0.717, 1.165) is 12.8 Å². The van der Waals surface area contributed by atoms with Gasteiger partial charge in [0.1, 0.15) is 0 Å². The second-order valence-electron chi connectivity index (χ2n) is 6.30. The fourth-order valence-electron chi connectivity index (χ4n) is 2.47. The van der Waals surface area contributed by atoms with Crippen LogP contribution in [0, 0.1) is 0 Å². The van der Waals surface area contributed by atoms with Crippen molar-refractivity contribution in [2.75, 3.05) is 19.8 Å². The molecule has 162 valence electrons. The molecule has 2 aromatic rings. The van der Waals surface area contributed by atoms with Crippen molar-refractivity contribution in [3.63, 3.8) is 0 Å². The zero-order chi connectivity index (χ0) is 21.9. The van der Waals surface area contributed by atoms with Crippen LogP contribution in [0.25, 0.3) is 0 Å². The van der Waals surface area contributed by atoms with Gasteiger partial charge in [0, 0.05) is 5.56 Å². The average molecular weight is 453 g/mol. The van der Waals surface area contributed by atoms with Crippen LogP contribution in [0.1, 0.15) is 49.5 Å². The molecular weight excluding hydrogens is 427 g/mol. The van der Waals surface area contributed by atoms with E-state index in [9.17, 15) is 4.79 Å². The summed E-state index contributed by atoms with van der Waals surface area (Å²) in [6.07, 6.45) is 3.18. The van der Waals surface area contributed by atoms with Gasteiger partial charge in [0.2, 0.25) is 0 Å². The fraction of sp³-hybridized carbons (Fsp3) is 0.364. The maximum Gasteiger partial charge on any atom is 0.271 e. The fourth-order valence-corrected chi connectivity index (χ4v) is 3.09. The Morgan fingerprint density at radius 1 is 0.967 bits per heavy atom. The third-order valence-corrected chi connectivity index (χ3v) is 4.38. The normalized spacial score (nSPS) is 10.8. The van der Waals surface area contributed by atoms with Crippen molar-refractivity contribution in [3.8, 4) is 17.2 Å². The van der Waals surface area contributed by atoms with Crippen LogP contribution in [-0.2, 0) is 0 Å². The molecule has 0 heterocycles. The van der Waals surface area contributed by atoms with Crippen LogP contribution < -0.4 is 19.6 Å². The minimum atomic E-state index is -0.380. The summed E-state index contributed by atoms with van der Waals surface area (Å²) >= 11 is 12.4. The number of rotatable bonds is 11. The molecule has 0 saturated heterocycles. The summed E-state index contributed by atoms with van der Waals surface area (Å²) in [5.41, 5.74) is 3.52. The minimum Gasteiger partial charge on any atom is -0.490 e. The number of carbonyl (C=O) groups is 1. The number of nitrogens with one attached hydrogen (secondary N) is 1. The van der Waals surface area contributed by atoms with Crippen LogP contribution in [-0.4, -0.2) is 31.9 Å². The first-order chi connectivity index (χ1) is 14.5. The zero-order valence-corrected chi connectivity index (χ0v) is 18.8. The predicted octanol–water partition coefficient (Wildman–Crippen LogP) is 5.73. The smallest absolute Gasteiger partial charge is 0.271 e. The molecule has 0 aliphatic heterocycles. The van der Waals surface area contributed by atoms with Gasteiger partial charge in [-0.2, -0.15) is 5.10 Å². The van der Waals surface area contributed by atoms with E-state index < -0.39 is 0 Å². The molecule has 0 aliphatic rings. The van der Waals surface area contributed by atoms with Crippen molar-refractivity contribution in [3.05, 3.63) is 51.5 Å². The first kappa shape index (κ1) is 23.8. The van der Waals surface area contributed by atoms with E-state index in [2.05, 4.69) is 10.5 Å². The Bertz CT molecular complexity index is 864. The van der Waals surface area contributed by atoms with E-state index >= 15 is 0 Å². The molecule has 0 saturated carbocycles. The van der Waals surface area contributed by atoms with Crippen molar-refractivity contribution in [2.45, 2.75) is 33.6 Å². The molecule has 0 atom stereocenters. The van der Waals surface area contributed by atoms with Gasteiger partial charge in [0.05, 0.1) is 36.1 Å². The molecule has 0 aromatic heterocycles. The SMILES string of the molecule is CCCOc1ccc(C(=O)N/N=C/c2cc(Cl)c(OCCC)c(Cl)c2)cc1OCC. The second-order valence-corrected chi connectivity index (χ2v) is 7.12. The number of nitrogens with zero attached hydrogens (tertiary/aromatic N) is 1. The van der Waals surface area contributed by atoms with Gasteiger partial charge in [-0.05, 0) is 55.7 Å². The van der Waals surface area contributed by atoms with Crippen molar-refractivity contribution in [2.24, 2.45) is 5.10 Å². The number of hydrazone groups is 1. The molecule has 2 aromatic carbocycles. The number of amides is 1. The molecule has 0 aliphatic carbocycles. The number of hydrogen-bond acceptors (Lipinski definition) is 5. The number of halogens is 2.